The molecule has 1 saturated heterocycles. The van der Waals surface area contributed by atoms with Gasteiger partial charge in [-0.25, -0.2) is 0 Å². The van der Waals surface area contributed by atoms with Crippen LogP contribution in [-0.4, -0.2) is 50.7 Å². The van der Waals surface area contributed by atoms with Gasteiger partial charge in [-0.05, 0) is 37.1 Å². The van der Waals surface area contributed by atoms with Gasteiger partial charge >= 0.3 is 0 Å². The number of morpholine rings is 1. The number of hydrogen-bond donors (Lipinski definition) is 2. The Kier molecular flexibility index (Phi) is 5.66. The molecule has 0 aromatic heterocycles. The van der Waals surface area contributed by atoms with Crippen LogP contribution in [0.3, 0.4) is 0 Å². The predicted molar refractivity (Wildman–Crippen MR) is 78.8 cm³/mol. The summed E-state index contributed by atoms with van der Waals surface area (Å²) >= 11 is 6.12. The fourth-order valence-corrected chi connectivity index (χ4v) is 2.55. The van der Waals surface area contributed by atoms with E-state index in [1.807, 2.05) is 26.0 Å². The van der Waals surface area contributed by atoms with Crippen LogP contribution < -0.4 is 9.64 Å². The number of aliphatic hydroxyl groups is 1. The Bertz CT molecular complexity index is 424. The highest BCUT2D eigenvalue weighted by atomic mass is 35.5. The van der Waals surface area contributed by atoms with Gasteiger partial charge in [-0.2, -0.15) is 0 Å². The summed E-state index contributed by atoms with van der Waals surface area (Å²) < 4.78 is 11.0. The maximum Gasteiger partial charge on any atom is 0.137 e. The van der Waals surface area contributed by atoms with E-state index in [0.29, 0.717) is 13.2 Å². The number of aliphatic hydroxyl groups excluding tert-OH is 1. The van der Waals surface area contributed by atoms with E-state index < -0.39 is 6.10 Å². The molecule has 20 heavy (non-hydrogen) atoms. The Morgan fingerprint density at radius 2 is 1.90 bits per heavy atom. The maximum atomic E-state index is 10.0. The Morgan fingerprint density at radius 1 is 1.30 bits per heavy atom. The maximum absolute atomic E-state index is 10.0. The van der Waals surface area contributed by atoms with E-state index in [4.69, 9.17) is 21.1 Å². The van der Waals surface area contributed by atoms with Gasteiger partial charge in [-0.1, -0.05) is 11.6 Å². The van der Waals surface area contributed by atoms with Crippen molar-refractivity contribution in [3.63, 3.8) is 0 Å². The molecular formula is C15H23ClNO3+. The van der Waals surface area contributed by atoms with Crippen LogP contribution in [0, 0.1) is 13.8 Å². The molecule has 1 fully saturated rings. The van der Waals surface area contributed by atoms with Crippen LogP contribution >= 0.6 is 11.6 Å². The Labute approximate surface area is 125 Å². The Balaban J connectivity index is 1.82. The number of quaternary nitrogens is 1. The minimum Gasteiger partial charge on any atom is -0.491 e. The number of rotatable bonds is 5. The van der Waals surface area contributed by atoms with E-state index in [-0.39, 0.29) is 0 Å². The second kappa shape index (κ2) is 7.27. The van der Waals surface area contributed by atoms with Gasteiger partial charge in [-0.3, -0.25) is 0 Å². The highest BCUT2D eigenvalue weighted by molar-refractivity contribution is 6.32. The quantitative estimate of drug-likeness (QED) is 0.837. The van der Waals surface area contributed by atoms with Crippen molar-refractivity contribution in [2.45, 2.75) is 20.0 Å². The second-order valence-electron chi connectivity index (χ2n) is 5.40. The van der Waals surface area contributed by atoms with Crippen molar-refractivity contribution in [3.05, 3.63) is 28.3 Å². The summed E-state index contributed by atoms with van der Waals surface area (Å²) in [5.74, 6) is 0.764. The zero-order valence-corrected chi connectivity index (χ0v) is 12.9. The molecule has 0 radical (unpaired) electrons. The summed E-state index contributed by atoms with van der Waals surface area (Å²) in [6.45, 7) is 8.39. The molecular weight excluding hydrogens is 278 g/mol. The van der Waals surface area contributed by atoms with E-state index in [9.17, 15) is 5.11 Å². The van der Waals surface area contributed by atoms with Gasteiger partial charge in [-0.15, -0.1) is 0 Å². The van der Waals surface area contributed by atoms with Crippen LogP contribution in [0.2, 0.25) is 5.02 Å². The van der Waals surface area contributed by atoms with E-state index in [1.54, 1.807) is 0 Å². The number of benzene rings is 1. The van der Waals surface area contributed by atoms with Gasteiger partial charge in [0.2, 0.25) is 0 Å². The molecule has 1 aromatic rings. The summed E-state index contributed by atoms with van der Waals surface area (Å²) in [6.07, 6.45) is -0.459. The average Bonchev–Trinajstić information content (AvgIpc) is 2.43. The molecule has 2 N–H and O–H groups in total. The number of halogens is 1. The first-order chi connectivity index (χ1) is 9.56. The highest BCUT2D eigenvalue weighted by Crippen LogP contribution is 2.25. The van der Waals surface area contributed by atoms with E-state index in [2.05, 4.69) is 0 Å². The summed E-state index contributed by atoms with van der Waals surface area (Å²) in [5.41, 5.74) is 1.99. The third-order valence-electron chi connectivity index (χ3n) is 3.58. The van der Waals surface area contributed by atoms with Crippen LogP contribution in [0.4, 0.5) is 0 Å². The summed E-state index contributed by atoms with van der Waals surface area (Å²) in [5, 5.41) is 10.8. The van der Waals surface area contributed by atoms with E-state index in [0.717, 1.165) is 48.2 Å². The monoisotopic (exact) mass is 300 g/mol. The molecule has 0 bridgehead atoms. The third-order valence-corrected chi connectivity index (χ3v) is 4.17. The van der Waals surface area contributed by atoms with Crippen LogP contribution in [-0.2, 0) is 4.74 Å². The zero-order valence-electron chi connectivity index (χ0n) is 12.1. The van der Waals surface area contributed by atoms with Crippen LogP contribution in [0.5, 0.6) is 5.75 Å². The highest BCUT2D eigenvalue weighted by Gasteiger charge is 2.18. The summed E-state index contributed by atoms with van der Waals surface area (Å²) in [4.78, 5) is 1.37. The molecule has 1 aliphatic heterocycles. The fourth-order valence-electron chi connectivity index (χ4n) is 2.44. The lowest BCUT2D eigenvalue weighted by Gasteiger charge is -2.25. The minimum absolute atomic E-state index is 0.310. The van der Waals surface area contributed by atoms with Crippen LogP contribution in [0.25, 0.3) is 0 Å². The lowest BCUT2D eigenvalue weighted by molar-refractivity contribution is -0.911. The standard InChI is InChI=1S/C15H22ClNO3/c1-11-7-14(8-12(2)15(11)16)20-10-13(18)9-17-3-5-19-6-4-17/h7-8,13,18H,3-6,9-10H2,1-2H3/p+1. The molecule has 0 saturated carbocycles. The molecule has 4 nitrogen and oxygen atoms in total. The first kappa shape index (κ1) is 15.6. The zero-order chi connectivity index (χ0) is 14.5. The van der Waals surface area contributed by atoms with Gasteiger partial charge in [0, 0.05) is 5.02 Å². The fraction of sp³-hybridized carbons (Fsp3) is 0.600. The van der Waals surface area contributed by atoms with Gasteiger partial charge in [0.15, 0.2) is 0 Å². The van der Waals surface area contributed by atoms with E-state index >= 15 is 0 Å². The van der Waals surface area contributed by atoms with Crippen LogP contribution in [0.1, 0.15) is 11.1 Å². The lowest BCUT2D eigenvalue weighted by atomic mass is 10.1. The molecule has 0 amide bonds. The van der Waals surface area contributed by atoms with Gasteiger partial charge < -0.3 is 19.5 Å². The topological polar surface area (TPSA) is 43.1 Å². The minimum atomic E-state index is -0.459. The first-order valence-corrected chi connectivity index (χ1v) is 7.43. The van der Waals surface area contributed by atoms with Gasteiger partial charge in [0.25, 0.3) is 0 Å². The molecule has 1 atom stereocenters. The van der Waals surface area contributed by atoms with Gasteiger partial charge in [0.1, 0.15) is 38.1 Å². The molecule has 1 aromatic carbocycles. The van der Waals surface area contributed by atoms with E-state index in [1.165, 1.54) is 4.90 Å². The smallest absolute Gasteiger partial charge is 0.137 e. The third kappa shape index (κ3) is 4.35. The van der Waals surface area contributed by atoms with Crippen molar-refractivity contribution in [1.29, 1.82) is 0 Å². The van der Waals surface area contributed by atoms with Gasteiger partial charge in [0.05, 0.1) is 13.2 Å². The molecule has 0 aliphatic carbocycles. The van der Waals surface area contributed by atoms with Crippen molar-refractivity contribution < 1.29 is 19.5 Å². The van der Waals surface area contributed by atoms with Crippen molar-refractivity contribution >= 4 is 11.6 Å². The van der Waals surface area contributed by atoms with Crippen molar-refractivity contribution in [3.8, 4) is 5.75 Å². The molecule has 2 rings (SSSR count). The Hall–Kier alpha value is -0.810. The second-order valence-corrected chi connectivity index (χ2v) is 5.78. The number of aryl methyl sites for hydroxylation is 2. The van der Waals surface area contributed by atoms with Crippen molar-refractivity contribution in [2.24, 2.45) is 0 Å². The summed E-state index contributed by atoms with van der Waals surface area (Å²) in [6, 6.07) is 3.81. The Morgan fingerprint density at radius 3 is 2.50 bits per heavy atom. The molecule has 1 unspecified atom stereocenters. The largest absolute Gasteiger partial charge is 0.491 e. The lowest BCUT2D eigenvalue weighted by Crippen LogP contribution is -3.15. The molecule has 0 spiro atoms. The first-order valence-electron chi connectivity index (χ1n) is 7.05. The predicted octanol–water partition coefficient (Wildman–Crippen LogP) is 0.612. The molecule has 5 heteroatoms. The number of hydrogen-bond acceptors (Lipinski definition) is 3. The number of nitrogens with one attached hydrogen (secondary N) is 1. The van der Waals surface area contributed by atoms with Crippen molar-refractivity contribution in [2.75, 3.05) is 39.5 Å². The average molecular weight is 301 g/mol. The summed E-state index contributed by atoms with van der Waals surface area (Å²) in [7, 11) is 0. The molecule has 112 valence electrons. The van der Waals surface area contributed by atoms with Crippen molar-refractivity contribution in [1.82, 2.24) is 0 Å². The van der Waals surface area contributed by atoms with Crippen LogP contribution in [0.15, 0.2) is 12.1 Å². The number of ether oxygens (including phenoxy) is 2. The molecule has 1 aliphatic rings. The molecule has 1 heterocycles. The normalized spacial score (nSPS) is 18.0. The SMILES string of the molecule is Cc1cc(OCC(O)C[NH+]2CCOCC2)cc(C)c1Cl.